The van der Waals surface area contributed by atoms with Crippen molar-refractivity contribution in [3.8, 4) is 0 Å². The van der Waals surface area contributed by atoms with Crippen LogP contribution < -0.4 is 10.6 Å². The first-order valence-electron chi connectivity index (χ1n) is 3.57. The molecule has 0 radical (unpaired) electrons. The summed E-state index contributed by atoms with van der Waals surface area (Å²) >= 11 is 7.96. The fraction of sp³-hybridized carbons (Fsp3) is 0.125. The molecule has 2 nitrogen and oxygen atoms in total. The predicted molar refractivity (Wildman–Crippen MR) is 59.4 cm³/mol. The van der Waals surface area contributed by atoms with E-state index >= 15 is 0 Å². The van der Waals surface area contributed by atoms with Crippen LogP contribution in [0.2, 0.25) is 0 Å². The Morgan fingerprint density at radius 1 is 1.54 bits per heavy atom. The van der Waals surface area contributed by atoms with Gasteiger partial charge in [-0.05, 0) is 46.3 Å². The van der Waals surface area contributed by atoms with Crippen LogP contribution >= 0.6 is 28.1 Å². The van der Waals surface area contributed by atoms with Crippen LogP contribution in [0.15, 0.2) is 22.7 Å². The Hall–Kier alpha value is -0.680. The standard InChI is InChI=1S/C8H8BrFN2S/c1-11-8(13)12-5-2-3-7(10)6(9)4-5/h2-4H,1H3,(H2,11,12,13). The summed E-state index contributed by atoms with van der Waals surface area (Å²) in [4.78, 5) is 0. The summed E-state index contributed by atoms with van der Waals surface area (Å²) < 4.78 is 13.2. The van der Waals surface area contributed by atoms with Crippen LogP contribution in [-0.2, 0) is 0 Å². The largest absolute Gasteiger partial charge is 0.366 e. The van der Waals surface area contributed by atoms with Crippen molar-refractivity contribution in [2.75, 3.05) is 12.4 Å². The molecular formula is C8H8BrFN2S. The van der Waals surface area contributed by atoms with Gasteiger partial charge in [-0.25, -0.2) is 4.39 Å². The molecule has 2 N–H and O–H groups in total. The highest BCUT2D eigenvalue weighted by molar-refractivity contribution is 9.10. The van der Waals surface area contributed by atoms with E-state index in [1.807, 2.05) is 0 Å². The first kappa shape index (κ1) is 10.4. The maximum absolute atomic E-state index is 12.8. The summed E-state index contributed by atoms with van der Waals surface area (Å²) in [5.74, 6) is -0.291. The van der Waals surface area contributed by atoms with Crippen LogP contribution in [-0.4, -0.2) is 12.2 Å². The topological polar surface area (TPSA) is 24.1 Å². The number of rotatable bonds is 1. The van der Waals surface area contributed by atoms with Crippen LogP contribution in [0.4, 0.5) is 10.1 Å². The number of hydrogen-bond acceptors (Lipinski definition) is 1. The Morgan fingerprint density at radius 2 is 2.23 bits per heavy atom. The van der Waals surface area contributed by atoms with Crippen molar-refractivity contribution in [3.63, 3.8) is 0 Å². The summed E-state index contributed by atoms with van der Waals surface area (Å²) in [6.07, 6.45) is 0. The third-order valence-corrected chi connectivity index (χ3v) is 2.32. The van der Waals surface area contributed by atoms with Gasteiger partial charge in [0.1, 0.15) is 5.82 Å². The van der Waals surface area contributed by atoms with E-state index in [9.17, 15) is 4.39 Å². The van der Waals surface area contributed by atoms with Crippen molar-refractivity contribution in [3.05, 3.63) is 28.5 Å². The quantitative estimate of drug-likeness (QED) is 0.761. The lowest BCUT2D eigenvalue weighted by atomic mass is 10.3. The number of nitrogens with one attached hydrogen (secondary N) is 2. The third kappa shape index (κ3) is 2.93. The summed E-state index contributed by atoms with van der Waals surface area (Å²) in [5, 5.41) is 6.14. The minimum absolute atomic E-state index is 0.291. The van der Waals surface area contributed by atoms with Crippen LogP contribution in [0.1, 0.15) is 0 Å². The Balaban J connectivity index is 2.79. The molecule has 0 fully saturated rings. The maximum atomic E-state index is 12.8. The van der Waals surface area contributed by atoms with Gasteiger partial charge in [0.05, 0.1) is 4.47 Å². The predicted octanol–water partition coefficient (Wildman–Crippen LogP) is 2.50. The van der Waals surface area contributed by atoms with E-state index in [1.54, 1.807) is 19.2 Å². The van der Waals surface area contributed by atoms with E-state index in [2.05, 4.69) is 26.6 Å². The van der Waals surface area contributed by atoms with Gasteiger partial charge >= 0.3 is 0 Å². The molecule has 0 aromatic heterocycles. The SMILES string of the molecule is CNC(=S)Nc1ccc(F)c(Br)c1. The molecule has 0 heterocycles. The summed E-state index contributed by atoms with van der Waals surface area (Å²) in [6.45, 7) is 0. The smallest absolute Gasteiger partial charge is 0.170 e. The molecule has 0 spiro atoms. The molecular weight excluding hydrogens is 255 g/mol. The van der Waals surface area contributed by atoms with Gasteiger partial charge in [0.2, 0.25) is 0 Å². The van der Waals surface area contributed by atoms with E-state index in [0.29, 0.717) is 9.59 Å². The van der Waals surface area contributed by atoms with Crippen LogP contribution in [0.25, 0.3) is 0 Å². The van der Waals surface area contributed by atoms with E-state index < -0.39 is 0 Å². The first-order valence-corrected chi connectivity index (χ1v) is 4.77. The number of anilines is 1. The molecule has 13 heavy (non-hydrogen) atoms. The van der Waals surface area contributed by atoms with Crippen LogP contribution in [0.5, 0.6) is 0 Å². The number of benzene rings is 1. The molecule has 0 aliphatic rings. The molecule has 0 bridgehead atoms. The van der Waals surface area contributed by atoms with Crippen molar-refractivity contribution in [1.82, 2.24) is 5.32 Å². The molecule has 0 aliphatic heterocycles. The van der Waals surface area contributed by atoms with Crippen LogP contribution in [0, 0.1) is 5.82 Å². The lowest BCUT2D eigenvalue weighted by Gasteiger charge is -2.07. The second-order valence-corrected chi connectivity index (χ2v) is 3.60. The summed E-state index contributed by atoms with van der Waals surface area (Å²) in [5.41, 5.74) is 0.743. The molecule has 1 rings (SSSR count). The van der Waals surface area contributed by atoms with Crippen molar-refractivity contribution in [2.45, 2.75) is 0 Å². The highest BCUT2D eigenvalue weighted by Gasteiger charge is 2.00. The average Bonchev–Trinajstić information content (AvgIpc) is 2.11. The lowest BCUT2D eigenvalue weighted by molar-refractivity contribution is 0.621. The van der Waals surface area contributed by atoms with Gasteiger partial charge in [-0.2, -0.15) is 0 Å². The minimum Gasteiger partial charge on any atom is -0.366 e. The molecule has 5 heteroatoms. The molecule has 1 aromatic carbocycles. The highest BCUT2D eigenvalue weighted by atomic mass is 79.9. The van der Waals surface area contributed by atoms with Crippen molar-refractivity contribution in [1.29, 1.82) is 0 Å². The average molecular weight is 263 g/mol. The van der Waals surface area contributed by atoms with E-state index in [-0.39, 0.29) is 5.82 Å². The molecule has 0 unspecified atom stereocenters. The van der Waals surface area contributed by atoms with Gasteiger partial charge in [0, 0.05) is 12.7 Å². The summed E-state index contributed by atoms with van der Waals surface area (Å²) in [7, 11) is 1.72. The summed E-state index contributed by atoms with van der Waals surface area (Å²) in [6, 6.07) is 4.60. The number of hydrogen-bond donors (Lipinski definition) is 2. The van der Waals surface area contributed by atoms with Gasteiger partial charge in [-0.15, -0.1) is 0 Å². The third-order valence-electron chi connectivity index (χ3n) is 1.40. The normalized spacial score (nSPS) is 9.46. The first-order chi connectivity index (χ1) is 6.13. The Morgan fingerprint density at radius 3 is 2.77 bits per heavy atom. The highest BCUT2D eigenvalue weighted by Crippen LogP contribution is 2.19. The fourth-order valence-corrected chi connectivity index (χ4v) is 1.26. The van der Waals surface area contributed by atoms with Gasteiger partial charge in [-0.1, -0.05) is 0 Å². The Kier molecular flexibility index (Phi) is 3.62. The van der Waals surface area contributed by atoms with E-state index in [0.717, 1.165) is 5.69 Å². The molecule has 0 atom stereocenters. The molecule has 0 aliphatic carbocycles. The van der Waals surface area contributed by atoms with Gasteiger partial charge in [0.15, 0.2) is 5.11 Å². The fourth-order valence-electron chi connectivity index (χ4n) is 0.767. The van der Waals surface area contributed by atoms with Crippen LogP contribution in [0.3, 0.4) is 0 Å². The van der Waals surface area contributed by atoms with Gasteiger partial charge < -0.3 is 10.6 Å². The monoisotopic (exact) mass is 262 g/mol. The zero-order valence-corrected chi connectivity index (χ0v) is 9.30. The second-order valence-electron chi connectivity index (χ2n) is 2.33. The minimum atomic E-state index is -0.291. The zero-order chi connectivity index (χ0) is 9.84. The second kappa shape index (κ2) is 4.53. The Bertz CT molecular complexity index is 330. The van der Waals surface area contributed by atoms with E-state index in [4.69, 9.17) is 12.2 Å². The van der Waals surface area contributed by atoms with Gasteiger partial charge in [-0.3, -0.25) is 0 Å². The Labute approximate surface area is 89.7 Å². The maximum Gasteiger partial charge on any atom is 0.170 e. The number of thiocarbonyl (C=S) groups is 1. The van der Waals surface area contributed by atoms with Gasteiger partial charge in [0.25, 0.3) is 0 Å². The van der Waals surface area contributed by atoms with Crippen molar-refractivity contribution < 1.29 is 4.39 Å². The molecule has 1 aromatic rings. The van der Waals surface area contributed by atoms with Crippen molar-refractivity contribution in [2.24, 2.45) is 0 Å². The van der Waals surface area contributed by atoms with Crippen molar-refractivity contribution >= 4 is 38.9 Å². The molecule has 0 amide bonds. The number of halogens is 2. The molecule has 70 valence electrons. The lowest BCUT2D eigenvalue weighted by Crippen LogP contribution is -2.24. The molecule has 0 saturated carbocycles. The zero-order valence-electron chi connectivity index (χ0n) is 6.90. The molecule has 0 saturated heterocycles. The van der Waals surface area contributed by atoms with E-state index in [1.165, 1.54) is 6.07 Å².